The lowest BCUT2D eigenvalue weighted by Crippen LogP contribution is -2.10. The molecule has 0 aliphatic rings. The van der Waals surface area contributed by atoms with Crippen LogP contribution in [0.15, 0.2) is 70.5 Å². The number of ether oxygens (including phenoxy) is 2. The number of esters is 2. The topological polar surface area (TPSA) is 52.6 Å². The van der Waals surface area contributed by atoms with E-state index in [1.807, 2.05) is 60.7 Å². The SMILES string of the molecule is COC(=O)/C(S)=C(/SC/C(=C(\S)c1ccccc1)c1ccccc1)C(=O)OC. The summed E-state index contributed by atoms with van der Waals surface area (Å²) in [6, 6.07) is 19.5. The van der Waals surface area contributed by atoms with E-state index in [1.54, 1.807) is 0 Å². The van der Waals surface area contributed by atoms with Crippen molar-refractivity contribution in [3.8, 4) is 0 Å². The van der Waals surface area contributed by atoms with Gasteiger partial charge in [-0.15, -0.1) is 37.0 Å². The van der Waals surface area contributed by atoms with Crippen LogP contribution >= 0.6 is 37.0 Å². The Kier molecular flexibility index (Phi) is 8.76. The minimum atomic E-state index is -0.698. The number of methoxy groups -OCH3 is 2. The summed E-state index contributed by atoms with van der Waals surface area (Å²) >= 11 is 10.0. The van der Waals surface area contributed by atoms with Gasteiger partial charge in [-0.25, -0.2) is 9.59 Å². The Morgan fingerprint density at radius 1 is 0.821 bits per heavy atom. The smallest absolute Gasteiger partial charge is 0.345 e. The average molecular weight is 433 g/mol. The Hall–Kier alpha value is -2.09. The Bertz CT molecular complexity index is 890. The molecule has 0 fully saturated rings. The van der Waals surface area contributed by atoms with Gasteiger partial charge >= 0.3 is 11.9 Å². The van der Waals surface area contributed by atoms with Gasteiger partial charge in [-0.2, -0.15) is 0 Å². The summed E-state index contributed by atoms with van der Waals surface area (Å²) < 4.78 is 9.48. The minimum Gasteiger partial charge on any atom is -0.465 e. The van der Waals surface area contributed by atoms with E-state index in [-0.39, 0.29) is 9.81 Å². The van der Waals surface area contributed by atoms with Crippen LogP contribution in [-0.2, 0) is 19.1 Å². The van der Waals surface area contributed by atoms with Crippen LogP contribution < -0.4 is 0 Å². The molecule has 4 nitrogen and oxygen atoms in total. The van der Waals surface area contributed by atoms with Gasteiger partial charge in [0.15, 0.2) is 0 Å². The monoisotopic (exact) mass is 432 g/mol. The number of hydrogen-bond donors (Lipinski definition) is 2. The van der Waals surface area contributed by atoms with E-state index in [1.165, 1.54) is 14.2 Å². The molecule has 0 amide bonds. The van der Waals surface area contributed by atoms with Crippen LogP contribution in [0.3, 0.4) is 0 Å². The molecule has 0 N–H and O–H groups in total. The predicted octanol–water partition coefficient (Wildman–Crippen LogP) is 4.71. The lowest BCUT2D eigenvalue weighted by atomic mass is 10.0. The Morgan fingerprint density at radius 2 is 1.32 bits per heavy atom. The fraction of sp³-hybridized carbons (Fsp3) is 0.143. The minimum absolute atomic E-state index is 0.0836. The first-order chi connectivity index (χ1) is 13.5. The molecule has 0 unspecified atom stereocenters. The molecule has 0 aliphatic carbocycles. The van der Waals surface area contributed by atoms with Crippen LogP contribution in [0.1, 0.15) is 11.1 Å². The number of benzene rings is 2. The highest BCUT2D eigenvalue weighted by molar-refractivity contribution is 8.05. The lowest BCUT2D eigenvalue weighted by molar-refractivity contribution is -0.138. The van der Waals surface area contributed by atoms with Gasteiger partial charge in [-0.1, -0.05) is 60.7 Å². The molecule has 0 bridgehead atoms. The highest BCUT2D eigenvalue weighted by atomic mass is 32.2. The van der Waals surface area contributed by atoms with Crippen molar-refractivity contribution in [2.75, 3.05) is 20.0 Å². The Labute approximate surface area is 179 Å². The second-order valence-electron chi connectivity index (χ2n) is 5.51. The second kappa shape index (κ2) is 11.0. The van der Waals surface area contributed by atoms with Crippen LogP contribution in [-0.4, -0.2) is 31.9 Å². The van der Waals surface area contributed by atoms with Gasteiger partial charge in [0.1, 0.15) is 9.81 Å². The molecule has 2 aromatic carbocycles. The average Bonchev–Trinajstić information content (AvgIpc) is 2.76. The standard InChI is InChI=1S/C21H20O4S3/c1-24-20(22)18(27)19(21(23)25-2)28-13-16(14-9-5-3-6-10-14)17(26)15-11-7-4-8-12-15/h3-12,26-27H,13H2,1-2H3/b17-16+,19-18-. The van der Waals surface area contributed by atoms with Gasteiger partial charge in [0, 0.05) is 10.7 Å². The highest BCUT2D eigenvalue weighted by Crippen LogP contribution is 2.35. The summed E-state index contributed by atoms with van der Waals surface area (Å²) in [7, 11) is 2.48. The zero-order chi connectivity index (χ0) is 20.5. The van der Waals surface area contributed by atoms with Crippen molar-refractivity contribution in [2.45, 2.75) is 0 Å². The van der Waals surface area contributed by atoms with E-state index in [2.05, 4.69) is 17.4 Å². The molecule has 2 aromatic rings. The summed E-state index contributed by atoms with van der Waals surface area (Å²) in [5, 5.41) is 0. The molecule has 0 atom stereocenters. The molecule has 0 saturated carbocycles. The third kappa shape index (κ3) is 5.70. The van der Waals surface area contributed by atoms with Crippen molar-refractivity contribution < 1.29 is 19.1 Å². The number of hydrogen-bond acceptors (Lipinski definition) is 7. The Morgan fingerprint density at radius 3 is 1.82 bits per heavy atom. The van der Waals surface area contributed by atoms with Crippen molar-refractivity contribution in [2.24, 2.45) is 0 Å². The highest BCUT2D eigenvalue weighted by Gasteiger charge is 2.22. The number of thiol groups is 2. The molecule has 28 heavy (non-hydrogen) atoms. The van der Waals surface area contributed by atoms with E-state index < -0.39 is 11.9 Å². The molecule has 0 spiro atoms. The Balaban J connectivity index is 2.46. The zero-order valence-electron chi connectivity index (χ0n) is 15.4. The quantitative estimate of drug-likeness (QED) is 0.287. The molecule has 146 valence electrons. The van der Waals surface area contributed by atoms with E-state index in [0.717, 1.165) is 33.4 Å². The van der Waals surface area contributed by atoms with E-state index in [9.17, 15) is 9.59 Å². The second-order valence-corrected chi connectivity index (χ2v) is 7.39. The van der Waals surface area contributed by atoms with E-state index in [4.69, 9.17) is 17.4 Å². The maximum atomic E-state index is 12.2. The number of carbonyl (C=O) groups is 2. The molecular formula is C21H20O4S3. The normalized spacial score (nSPS) is 12.6. The van der Waals surface area contributed by atoms with Crippen molar-refractivity contribution >= 4 is 59.4 Å². The van der Waals surface area contributed by atoms with Gasteiger partial charge in [0.05, 0.1) is 14.2 Å². The van der Waals surface area contributed by atoms with Crippen LogP contribution in [0, 0.1) is 0 Å². The van der Waals surface area contributed by atoms with Gasteiger partial charge in [-0.05, 0) is 16.7 Å². The van der Waals surface area contributed by atoms with Gasteiger partial charge in [0.2, 0.25) is 0 Å². The molecule has 0 aromatic heterocycles. The molecule has 2 rings (SSSR count). The van der Waals surface area contributed by atoms with E-state index >= 15 is 0 Å². The summed E-state index contributed by atoms with van der Waals surface area (Å²) in [6.07, 6.45) is 0. The fourth-order valence-electron chi connectivity index (χ4n) is 2.35. The third-order valence-corrected chi connectivity index (χ3v) is 5.96. The number of thioether (sulfide) groups is 1. The lowest BCUT2D eigenvalue weighted by Gasteiger charge is -2.14. The van der Waals surface area contributed by atoms with Gasteiger partial charge in [0.25, 0.3) is 0 Å². The summed E-state index contributed by atoms with van der Waals surface area (Å²) in [6.45, 7) is 0. The fourth-order valence-corrected chi connectivity index (χ4v) is 4.21. The molecule has 0 aliphatic heterocycles. The van der Waals surface area contributed by atoms with Gasteiger partial charge in [-0.3, -0.25) is 0 Å². The van der Waals surface area contributed by atoms with Crippen molar-refractivity contribution in [1.82, 2.24) is 0 Å². The maximum absolute atomic E-state index is 12.2. The van der Waals surface area contributed by atoms with Crippen LogP contribution in [0.2, 0.25) is 0 Å². The van der Waals surface area contributed by atoms with Crippen LogP contribution in [0.25, 0.3) is 10.5 Å². The van der Waals surface area contributed by atoms with Crippen molar-refractivity contribution in [1.29, 1.82) is 0 Å². The van der Waals surface area contributed by atoms with Crippen LogP contribution in [0.4, 0.5) is 0 Å². The van der Waals surface area contributed by atoms with Crippen LogP contribution in [0.5, 0.6) is 0 Å². The molecular weight excluding hydrogens is 412 g/mol. The first-order valence-electron chi connectivity index (χ1n) is 8.25. The van der Waals surface area contributed by atoms with Crippen molar-refractivity contribution in [3.05, 3.63) is 81.6 Å². The third-order valence-electron chi connectivity index (χ3n) is 3.78. The molecule has 0 radical (unpaired) electrons. The molecule has 0 saturated heterocycles. The molecule has 0 heterocycles. The van der Waals surface area contributed by atoms with E-state index in [0.29, 0.717) is 5.75 Å². The summed E-state index contributed by atoms with van der Waals surface area (Å²) in [4.78, 5) is 24.8. The summed E-state index contributed by atoms with van der Waals surface area (Å²) in [5.74, 6) is -0.965. The number of carbonyl (C=O) groups excluding carboxylic acids is 2. The predicted molar refractivity (Wildman–Crippen MR) is 121 cm³/mol. The number of rotatable bonds is 7. The first-order valence-corrected chi connectivity index (χ1v) is 10.1. The summed E-state index contributed by atoms with van der Waals surface area (Å²) in [5.41, 5.74) is 2.83. The maximum Gasteiger partial charge on any atom is 0.345 e. The van der Waals surface area contributed by atoms with Crippen molar-refractivity contribution in [3.63, 3.8) is 0 Å². The largest absolute Gasteiger partial charge is 0.465 e. The zero-order valence-corrected chi connectivity index (χ0v) is 18.0. The molecule has 7 heteroatoms. The first kappa shape index (κ1) is 22.2. The van der Waals surface area contributed by atoms with Gasteiger partial charge < -0.3 is 9.47 Å².